The topological polar surface area (TPSA) is 119 Å². The van der Waals surface area contributed by atoms with E-state index < -0.39 is 4.92 Å². The Morgan fingerprint density at radius 3 is 2.61 bits per heavy atom. The molecule has 0 aliphatic carbocycles. The molecule has 0 N–H and O–H groups in total. The number of imidazole rings is 1. The van der Waals surface area contributed by atoms with Crippen molar-refractivity contribution in [1.82, 2.24) is 29.6 Å². The van der Waals surface area contributed by atoms with Gasteiger partial charge in [0.05, 0.1) is 6.54 Å². The number of nitrogens with zero attached hydrogens (tertiary/aromatic N) is 8. The van der Waals surface area contributed by atoms with Crippen LogP contribution in [-0.4, -0.2) is 60.7 Å². The Balaban J connectivity index is 1.23. The monoisotopic (exact) mass is 440 g/mol. The standard InChI is InChI=1S/C19H17ClN8O3/c20-14-3-1-13(2-4-14)19-22-17(31-24-19)12-25-7-9-26(10-8-25)16-6-5-15-21-11-18(28(29)30)27(15)23-16/h1-6,11H,7-10,12H2. The molecule has 5 rings (SSSR count). The summed E-state index contributed by atoms with van der Waals surface area (Å²) in [6.07, 6.45) is 1.22. The molecule has 4 aromatic rings. The number of anilines is 1. The Kier molecular flexibility index (Phi) is 4.96. The van der Waals surface area contributed by atoms with Gasteiger partial charge in [0, 0.05) is 42.8 Å². The summed E-state index contributed by atoms with van der Waals surface area (Å²) in [6, 6.07) is 10.8. The van der Waals surface area contributed by atoms with Gasteiger partial charge in [-0.05, 0) is 35.3 Å². The molecule has 0 unspecified atom stereocenters. The first-order valence-electron chi connectivity index (χ1n) is 9.62. The minimum absolute atomic E-state index is 0.150. The molecular formula is C19H17ClN8O3. The van der Waals surface area contributed by atoms with Crippen molar-refractivity contribution in [2.75, 3.05) is 31.1 Å². The third kappa shape index (κ3) is 3.92. The van der Waals surface area contributed by atoms with E-state index in [0.29, 0.717) is 34.7 Å². The fraction of sp³-hybridized carbons (Fsp3) is 0.263. The quantitative estimate of drug-likeness (QED) is 0.340. The van der Waals surface area contributed by atoms with Gasteiger partial charge in [0.1, 0.15) is 6.20 Å². The molecule has 1 aliphatic heterocycles. The number of halogens is 1. The summed E-state index contributed by atoms with van der Waals surface area (Å²) < 4.78 is 6.66. The maximum absolute atomic E-state index is 11.1. The molecule has 0 saturated carbocycles. The third-order valence-corrected chi connectivity index (χ3v) is 5.39. The lowest BCUT2D eigenvalue weighted by Gasteiger charge is -2.34. The van der Waals surface area contributed by atoms with Crippen LogP contribution in [0.5, 0.6) is 0 Å². The number of hydrogen-bond acceptors (Lipinski definition) is 9. The van der Waals surface area contributed by atoms with Crippen molar-refractivity contribution in [3.05, 3.63) is 63.6 Å². The lowest BCUT2D eigenvalue weighted by molar-refractivity contribution is -0.391. The van der Waals surface area contributed by atoms with E-state index in [0.717, 1.165) is 31.7 Å². The number of nitro groups is 1. The summed E-state index contributed by atoms with van der Waals surface area (Å²) in [5.41, 5.74) is 1.29. The molecule has 0 radical (unpaired) electrons. The molecule has 0 spiro atoms. The van der Waals surface area contributed by atoms with Crippen molar-refractivity contribution in [2.24, 2.45) is 0 Å². The van der Waals surface area contributed by atoms with Crippen molar-refractivity contribution in [1.29, 1.82) is 0 Å². The molecule has 12 heteroatoms. The lowest BCUT2D eigenvalue weighted by Crippen LogP contribution is -2.46. The Morgan fingerprint density at radius 1 is 1.10 bits per heavy atom. The molecule has 11 nitrogen and oxygen atoms in total. The second kappa shape index (κ2) is 7.93. The minimum Gasteiger partial charge on any atom is -0.358 e. The van der Waals surface area contributed by atoms with Gasteiger partial charge in [0.2, 0.25) is 17.4 Å². The zero-order valence-electron chi connectivity index (χ0n) is 16.3. The molecule has 158 valence electrons. The highest BCUT2D eigenvalue weighted by molar-refractivity contribution is 6.30. The molecule has 3 aromatic heterocycles. The Labute approximate surface area is 181 Å². The smallest absolute Gasteiger partial charge is 0.358 e. The largest absolute Gasteiger partial charge is 0.368 e. The number of fused-ring (bicyclic) bond motifs is 1. The van der Waals surface area contributed by atoms with Crippen molar-refractivity contribution >= 4 is 28.9 Å². The average molecular weight is 441 g/mol. The maximum Gasteiger partial charge on any atom is 0.368 e. The Hall–Kier alpha value is -3.57. The highest BCUT2D eigenvalue weighted by atomic mass is 35.5. The van der Waals surface area contributed by atoms with Crippen molar-refractivity contribution in [3.63, 3.8) is 0 Å². The van der Waals surface area contributed by atoms with Crippen LogP contribution in [0.15, 0.2) is 47.1 Å². The van der Waals surface area contributed by atoms with E-state index in [-0.39, 0.29) is 5.82 Å². The van der Waals surface area contributed by atoms with Crippen LogP contribution >= 0.6 is 11.6 Å². The van der Waals surface area contributed by atoms with Crippen molar-refractivity contribution in [2.45, 2.75) is 6.54 Å². The van der Waals surface area contributed by atoms with Crippen LogP contribution < -0.4 is 4.90 Å². The van der Waals surface area contributed by atoms with Crippen molar-refractivity contribution in [3.8, 4) is 11.4 Å². The predicted molar refractivity (Wildman–Crippen MR) is 112 cm³/mol. The van der Waals surface area contributed by atoms with E-state index in [1.807, 2.05) is 18.2 Å². The van der Waals surface area contributed by atoms with Crippen LogP contribution in [0.2, 0.25) is 5.02 Å². The van der Waals surface area contributed by atoms with E-state index in [1.165, 1.54) is 10.7 Å². The molecular weight excluding hydrogens is 424 g/mol. The van der Waals surface area contributed by atoms with Gasteiger partial charge in [0.15, 0.2) is 5.82 Å². The van der Waals surface area contributed by atoms with Gasteiger partial charge in [-0.3, -0.25) is 4.90 Å². The SMILES string of the molecule is O=[N+]([O-])c1cnc2ccc(N3CCN(Cc4nc(-c5ccc(Cl)cc5)no4)CC3)nn12. The lowest BCUT2D eigenvalue weighted by atomic mass is 10.2. The summed E-state index contributed by atoms with van der Waals surface area (Å²) >= 11 is 5.92. The van der Waals surface area contributed by atoms with Gasteiger partial charge in [0.25, 0.3) is 0 Å². The number of aromatic nitrogens is 5. The van der Waals surface area contributed by atoms with Gasteiger partial charge >= 0.3 is 5.82 Å². The first-order chi connectivity index (χ1) is 15.1. The third-order valence-electron chi connectivity index (χ3n) is 5.14. The van der Waals surface area contributed by atoms with E-state index in [9.17, 15) is 10.1 Å². The summed E-state index contributed by atoms with van der Waals surface area (Å²) in [5.74, 6) is 1.61. The molecule has 1 aliphatic rings. The predicted octanol–water partition coefficient (Wildman–Crippen LogP) is 2.66. The number of hydrogen-bond donors (Lipinski definition) is 0. The van der Waals surface area contributed by atoms with E-state index in [2.05, 4.69) is 30.0 Å². The second-order valence-electron chi connectivity index (χ2n) is 7.12. The first kappa shape index (κ1) is 19.4. The van der Waals surface area contributed by atoms with Crippen LogP contribution in [0.25, 0.3) is 17.0 Å². The van der Waals surface area contributed by atoms with E-state index in [1.54, 1.807) is 18.2 Å². The van der Waals surface area contributed by atoms with Gasteiger partial charge in [-0.2, -0.15) is 4.98 Å². The van der Waals surface area contributed by atoms with Crippen LogP contribution in [0.4, 0.5) is 11.6 Å². The number of rotatable bonds is 5. The zero-order chi connectivity index (χ0) is 21.4. The maximum atomic E-state index is 11.1. The van der Waals surface area contributed by atoms with Crippen LogP contribution in [0.3, 0.4) is 0 Å². The highest BCUT2D eigenvalue weighted by Crippen LogP contribution is 2.21. The van der Waals surface area contributed by atoms with E-state index >= 15 is 0 Å². The normalized spacial score (nSPS) is 14.9. The summed E-state index contributed by atoms with van der Waals surface area (Å²) in [4.78, 5) is 23.5. The van der Waals surface area contributed by atoms with Crippen LogP contribution in [0.1, 0.15) is 5.89 Å². The molecule has 4 heterocycles. The van der Waals surface area contributed by atoms with Crippen molar-refractivity contribution < 1.29 is 9.45 Å². The molecule has 31 heavy (non-hydrogen) atoms. The molecule has 0 atom stereocenters. The number of benzene rings is 1. The van der Waals surface area contributed by atoms with Gasteiger partial charge in [-0.1, -0.05) is 26.4 Å². The zero-order valence-corrected chi connectivity index (χ0v) is 17.0. The minimum atomic E-state index is -0.489. The first-order valence-corrected chi connectivity index (χ1v) is 9.99. The highest BCUT2D eigenvalue weighted by Gasteiger charge is 2.23. The Morgan fingerprint density at radius 2 is 1.87 bits per heavy atom. The summed E-state index contributed by atoms with van der Waals surface area (Å²) in [5, 5.41) is 20.3. The average Bonchev–Trinajstić information content (AvgIpc) is 3.41. The fourth-order valence-corrected chi connectivity index (χ4v) is 3.63. The fourth-order valence-electron chi connectivity index (χ4n) is 3.51. The van der Waals surface area contributed by atoms with Gasteiger partial charge in [-0.15, -0.1) is 0 Å². The molecule has 1 aromatic carbocycles. The summed E-state index contributed by atoms with van der Waals surface area (Å²) in [7, 11) is 0. The van der Waals surface area contributed by atoms with Gasteiger partial charge < -0.3 is 19.5 Å². The molecule has 0 amide bonds. The van der Waals surface area contributed by atoms with Crippen LogP contribution in [0, 0.1) is 10.1 Å². The molecule has 0 bridgehead atoms. The van der Waals surface area contributed by atoms with E-state index in [4.69, 9.17) is 16.1 Å². The van der Waals surface area contributed by atoms with Crippen LogP contribution in [-0.2, 0) is 6.54 Å². The molecule has 1 saturated heterocycles. The number of piperazine rings is 1. The molecule has 1 fully saturated rings. The Bertz CT molecular complexity index is 1230. The van der Waals surface area contributed by atoms with Gasteiger partial charge in [-0.25, -0.2) is 4.98 Å². The summed E-state index contributed by atoms with van der Waals surface area (Å²) in [6.45, 7) is 3.53. The second-order valence-corrected chi connectivity index (χ2v) is 7.55.